The summed E-state index contributed by atoms with van der Waals surface area (Å²) in [5, 5.41) is 3.39. The van der Waals surface area contributed by atoms with E-state index in [0.29, 0.717) is 18.3 Å². The summed E-state index contributed by atoms with van der Waals surface area (Å²) in [5.41, 5.74) is 5.54. The molecule has 1 fully saturated rings. The molecule has 0 aliphatic heterocycles. The Morgan fingerprint density at radius 1 is 1.37 bits per heavy atom. The average molecular weight is 259 g/mol. The van der Waals surface area contributed by atoms with E-state index < -0.39 is 6.17 Å². The standard InChI is InChI=1S/C17H22FN/c1-11(12-6-8-14(18)9-7-12)15-5-3-4-13-10-16(13)17(15)19-2/h4,6,8,12,14,16,19H,1,3,5,7,9-10H2,2H3. The fraction of sp³-hybridized carbons (Fsp3) is 0.529. The minimum atomic E-state index is -0.757. The first-order valence-electron chi connectivity index (χ1n) is 7.32. The summed E-state index contributed by atoms with van der Waals surface area (Å²) in [6.07, 6.45) is 10.3. The Morgan fingerprint density at radius 3 is 2.89 bits per heavy atom. The quantitative estimate of drug-likeness (QED) is 0.754. The highest BCUT2D eigenvalue weighted by Crippen LogP contribution is 2.48. The Bertz CT molecular complexity index is 483. The lowest BCUT2D eigenvalue weighted by atomic mass is 9.83. The van der Waals surface area contributed by atoms with E-state index in [0.717, 1.165) is 19.3 Å². The van der Waals surface area contributed by atoms with E-state index in [9.17, 15) is 4.39 Å². The highest BCUT2D eigenvalue weighted by molar-refractivity contribution is 5.46. The lowest BCUT2D eigenvalue weighted by molar-refractivity contribution is 0.345. The van der Waals surface area contributed by atoms with Gasteiger partial charge in [-0.3, -0.25) is 0 Å². The molecule has 0 amide bonds. The summed E-state index contributed by atoms with van der Waals surface area (Å²) in [4.78, 5) is 0. The summed E-state index contributed by atoms with van der Waals surface area (Å²) < 4.78 is 13.2. The van der Waals surface area contributed by atoms with Gasteiger partial charge in [-0.2, -0.15) is 0 Å². The minimum Gasteiger partial charge on any atom is -0.391 e. The van der Waals surface area contributed by atoms with Gasteiger partial charge in [0.1, 0.15) is 6.17 Å². The smallest absolute Gasteiger partial charge is 0.118 e. The predicted octanol–water partition coefficient (Wildman–Crippen LogP) is 4.06. The van der Waals surface area contributed by atoms with Gasteiger partial charge in [-0.25, -0.2) is 4.39 Å². The van der Waals surface area contributed by atoms with E-state index in [1.54, 1.807) is 11.6 Å². The number of alkyl halides is 1. The maximum atomic E-state index is 13.2. The Balaban J connectivity index is 1.84. The third-order valence-corrected chi connectivity index (χ3v) is 4.61. The van der Waals surface area contributed by atoms with Gasteiger partial charge in [0.15, 0.2) is 0 Å². The van der Waals surface area contributed by atoms with Crippen molar-refractivity contribution in [2.24, 2.45) is 11.8 Å². The molecule has 0 aromatic carbocycles. The molecular formula is C17H22FN. The molecule has 0 aromatic rings. The first kappa shape index (κ1) is 12.7. The van der Waals surface area contributed by atoms with Gasteiger partial charge in [-0.05, 0) is 43.3 Å². The highest BCUT2D eigenvalue weighted by Gasteiger charge is 2.36. The minimum absolute atomic E-state index is 0.325. The van der Waals surface area contributed by atoms with Gasteiger partial charge in [0.2, 0.25) is 0 Å². The molecule has 1 N–H and O–H groups in total. The van der Waals surface area contributed by atoms with Crippen molar-refractivity contribution in [3.05, 3.63) is 47.2 Å². The maximum absolute atomic E-state index is 13.2. The number of allylic oxidation sites excluding steroid dienone is 6. The van der Waals surface area contributed by atoms with Crippen LogP contribution in [0, 0.1) is 11.8 Å². The van der Waals surface area contributed by atoms with E-state index in [-0.39, 0.29) is 0 Å². The van der Waals surface area contributed by atoms with Crippen molar-refractivity contribution < 1.29 is 4.39 Å². The molecule has 1 nitrogen and oxygen atoms in total. The Morgan fingerprint density at radius 2 is 2.21 bits per heavy atom. The maximum Gasteiger partial charge on any atom is 0.118 e. The van der Waals surface area contributed by atoms with Crippen LogP contribution in [0.25, 0.3) is 0 Å². The van der Waals surface area contributed by atoms with Crippen molar-refractivity contribution in [1.82, 2.24) is 5.32 Å². The largest absolute Gasteiger partial charge is 0.391 e. The van der Waals surface area contributed by atoms with Gasteiger partial charge < -0.3 is 5.32 Å². The van der Waals surface area contributed by atoms with Crippen LogP contribution in [0.4, 0.5) is 4.39 Å². The summed E-state index contributed by atoms with van der Waals surface area (Å²) >= 11 is 0. The zero-order valence-electron chi connectivity index (χ0n) is 11.6. The van der Waals surface area contributed by atoms with Crippen LogP contribution in [0.15, 0.2) is 47.2 Å². The molecule has 1 saturated carbocycles. The van der Waals surface area contributed by atoms with Crippen LogP contribution in [0.1, 0.15) is 32.1 Å². The number of rotatable bonds is 3. The van der Waals surface area contributed by atoms with E-state index >= 15 is 0 Å². The fourth-order valence-corrected chi connectivity index (χ4v) is 3.40. The molecule has 3 rings (SSSR count). The van der Waals surface area contributed by atoms with Gasteiger partial charge in [0.05, 0.1) is 0 Å². The number of nitrogens with one attached hydrogen (secondary N) is 1. The van der Waals surface area contributed by atoms with Crippen LogP contribution < -0.4 is 5.32 Å². The van der Waals surface area contributed by atoms with Crippen LogP contribution in [-0.4, -0.2) is 13.2 Å². The number of fused-ring (bicyclic) bond motifs is 1. The van der Waals surface area contributed by atoms with Crippen molar-refractivity contribution in [2.75, 3.05) is 7.05 Å². The average Bonchev–Trinajstić information content (AvgIpc) is 3.17. The second-order valence-corrected chi connectivity index (χ2v) is 5.83. The summed E-state index contributed by atoms with van der Waals surface area (Å²) in [6, 6.07) is 0. The molecule has 3 atom stereocenters. The van der Waals surface area contributed by atoms with Crippen LogP contribution >= 0.6 is 0 Å². The molecule has 102 valence electrons. The molecule has 0 saturated heterocycles. The van der Waals surface area contributed by atoms with Crippen LogP contribution in [0.3, 0.4) is 0 Å². The Labute approximate surface area is 115 Å². The van der Waals surface area contributed by atoms with E-state index in [2.05, 4.69) is 18.0 Å². The van der Waals surface area contributed by atoms with Crippen molar-refractivity contribution in [3.63, 3.8) is 0 Å². The van der Waals surface area contributed by atoms with Gasteiger partial charge >= 0.3 is 0 Å². The molecule has 3 aliphatic carbocycles. The van der Waals surface area contributed by atoms with Crippen LogP contribution in [-0.2, 0) is 0 Å². The van der Waals surface area contributed by atoms with Gasteiger partial charge in [-0.1, -0.05) is 30.4 Å². The number of hydrogen-bond donors (Lipinski definition) is 1. The lowest BCUT2D eigenvalue weighted by Gasteiger charge is -2.24. The van der Waals surface area contributed by atoms with Crippen molar-refractivity contribution in [1.29, 1.82) is 0 Å². The van der Waals surface area contributed by atoms with E-state index in [1.165, 1.54) is 23.3 Å². The topological polar surface area (TPSA) is 12.0 Å². The Hall–Kier alpha value is -1.31. The zero-order chi connectivity index (χ0) is 13.4. The SMILES string of the molecule is C=C(C1=C(NC)C2CC2=CCC1)C1C=CC(F)CC1. The normalized spacial score (nSPS) is 33.4. The van der Waals surface area contributed by atoms with Crippen molar-refractivity contribution in [2.45, 2.75) is 38.3 Å². The second kappa shape index (κ2) is 4.99. The molecule has 0 radical (unpaired) electrons. The lowest BCUT2D eigenvalue weighted by Crippen LogP contribution is -2.17. The summed E-state index contributed by atoms with van der Waals surface area (Å²) in [6.45, 7) is 4.33. The first-order valence-corrected chi connectivity index (χ1v) is 7.32. The molecule has 3 unspecified atom stereocenters. The molecule has 0 aromatic heterocycles. The summed E-state index contributed by atoms with van der Waals surface area (Å²) in [5.74, 6) is 0.936. The van der Waals surface area contributed by atoms with E-state index in [1.807, 2.05) is 13.1 Å². The second-order valence-electron chi connectivity index (χ2n) is 5.83. The number of hydrogen-bond acceptors (Lipinski definition) is 1. The first-order chi connectivity index (χ1) is 9.20. The van der Waals surface area contributed by atoms with Crippen LogP contribution in [0.5, 0.6) is 0 Å². The third kappa shape index (κ3) is 2.41. The Kier molecular flexibility index (Phi) is 3.34. The van der Waals surface area contributed by atoms with Crippen molar-refractivity contribution in [3.8, 4) is 0 Å². The summed E-state index contributed by atoms with van der Waals surface area (Å²) in [7, 11) is 2.01. The van der Waals surface area contributed by atoms with Gasteiger partial charge in [0.25, 0.3) is 0 Å². The molecular weight excluding hydrogens is 237 g/mol. The molecule has 0 spiro atoms. The number of halogens is 1. The molecule has 0 heterocycles. The predicted molar refractivity (Wildman–Crippen MR) is 77.4 cm³/mol. The van der Waals surface area contributed by atoms with E-state index in [4.69, 9.17) is 0 Å². The third-order valence-electron chi connectivity index (χ3n) is 4.61. The van der Waals surface area contributed by atoms with Crippen LogP contribution in [0.2, 0.25) is 0 Å². The van der Waals surface area contributed by atoms with Gasteiger partial charge in [0, 0.05) is 24.6 Å². The van der Waals surface area contributed by atoms with Crippen molar-refractivity contribution >= 4 is 0 Å². The van der Waals surface area contributed by atoms with Gasteiger partial charge in [-0.15, -0.1) is 0 Å². The monoisotopic (exact) mass is 259 g/mol. The molecule has 2 heteroatoms. The molecule has 0 bridgehead atoms. The highest BCUT2D eigenvalue weighted by atomic mass is 19.1. The molecule has 19 heavy (non-hydrogen) atoms. The zero-order valence-corrected chi connectivity index (χ0v) is 11.6. The fourth-order valence-electron chi connectivity index (χ4n) is 3.40. The molecule has 3 aliphatic rings.